The molecule has 0 aromatic heterocycles. The highest BCUT2D eigenvalue weighted by molar-refractivity contribution is 6.31. The van der Waals surface area contributed by atoms with Gasteiger partial charge in [-0.2, -0.15) is 0 Å². The largest absolute Gasteiger partial charge is 0.369 e. The molecular formula is C11H13ClN2O2. The molecule has 16 heavy (non-hydrogen) atoms. The zero-order valence-corrected chi connectivity index (χ0v) is 9.91. The molecule has 0 aliphatic carbocycles. The van der Waals surface area contributed by atoms with Gasteiger partial charge in [-0.1, -0.05) is 31.4 Å². The van der Waals surface area contributed by atoms with Gasteiger partial charge in [0.15, 0.2) is 0 Å². The molecule has 0 fully saturated rings. The Kier molecular flexibility index (Phi) is 6.73. The number of halogens is 1. The molecule has 0 aliphatic rings. The summed E-state index contributed by atoms with van der Waals surface area (Å²) in [4.78, 5) is 10.1. The number of anilines is 1. The first-order chi connectivity index (χ1) is 7.65. The van der Waals surface area contributed by atoms with Gasteiger partial charge < -0.3 is 5.32 Å². The normalized spacial score (nSPS) is 8.38. The third-order valence-electron chi connectivity index (χ3n) is 1.54. The second-order valence-corrected chi connectivity index (χ2v) is 2.91. The summed E-state index contributed by atoms with van der Waals surface area (Å²) < 4.78 is 0. The van der Waals surface area contributed by atoms with E-state index in [1.165, 1.54) is 18.2 Å². The van der Waals surface area contributed by atoms with E-state index in [2.05, 4.69) is 11.2 Å². The van der Waals surface area contributed by atoms with E-state index >= 15 is 0 Å². The Bertz CT molecular complexity index is 399. The van der Waals surface area contributed by atoms with Crippen molar-refractivity contribution in [3.05, 3.63) is 33.3 Å². The summed E-state index contributed by atoms with van der Waals surface area (Å²) in [7, 11) is 0. The van der Waals surface area contributed by atoms with Crippen LogP contribution in [-0.4, -0.2) is 11.5 Å². The van der Waals surface area contributed by atoms with Crippen LogP contribution in [0.3, 0.4) is 0 Å². The molecule has 1 aromatic carbocycles. The molecule has 0 heterocycles. The molecule has 0 amide bonds. The summed E-state index contributed by atoms with van der Waals surface area (Å²) in [5.74, 6) is 2.32. The maximum Gasteiger partial charge on any atom is 0.292 e. The highest BCUT2D eigenvalue weighted by Gasteiger charge is 2.12. The number of hydrogen-bond acceptors (Lipinski definition) is 3. The number of rotatable bonds is 3. The Morgan fingerprint density at radius 1 is 1.56 bits per heavy atom. The summed E-state index contributed by atoms with van der Waals surface area (Å²) in [6.45, 7) is 4.22. The van der Waals surface area contributed by atoms with Crippen LogP contribution in [0.25, 0.3) is 0 Å². The van der Waals surface area contributed by atoms with Crippen molar-refractivity contribution in [2.24, 2.45) is 0 Å². The van der Waals surface area contributed by atoms with Gasteiger partial charge in [-0.25, -0.2) is 0 Å². The van der Waals surface area contributed by atoms with Gasteiger partial charge in [0, 0.05) is 11.1 Å². The third kappa shape index (κ3) is 4.20. The number of nitro groups is 1. The fraction of sp³-hybridized carbons (Fsp3) is 0.273. The van der Waals surface area contributed by atoms with Gasteiger partial charge in [0.05, 0.1) is 11.5 Å². The molecule has 0 unspecified atom stereocenters. The van der Waals surface area contributed by atoms with Crippen LogP contribution in [0.2, 0.25) is 5.02 Å². The monoisotopic (exact) mass is 240 g/mol. The zero-order valence-electron chi connectivity index (χ0n) is 9.16. The van der Waals surface area contributed by atoms with Crippen LogP contribution >= 0.6 is 11.6 Å². The Morgan fingerprint density at radius 3 is 2.69 bits per heavy atom. The Labute approximate surface area is 99.8 Å². The second-order valence-electron chi connectivity index (χ2n) is 2.48. The fourth-order valence-electron chi connectivity index (χ4n) is 0.955. The van der Waals surface area contributed by atoms with Gasteiger partial charge >= 0.3 is 0 Å². The van der Waals surface area contributed by atoms with Gasteiger partial charge in [-0.15, -0.1) is 6.42 Å². The van der Waals surface area contributed by atoms with E-state index in [4.69, 9.17) is 18.0 Å². The minimum atomic E-state index is -0.491. The fourth-order valence-corrected chi connectivity index (χ4v) is 1.13. The molecule has 0 aliphatic heterocycles. The number of nitrogens with zero attached hydrogens (tertiary/aromatic N) is 1. The standard InChI is InChI=1S/C9H7ClN2O2.C2H6/c1-2-5-11-8-6-7(10)3-4-9(8)12(13)14;1-2/h1,3-4,6,11H,5H2;1-2H3. The van der Waals surface area contributed by atoms with Crippen LogP contribution in [-0.2, 0) is 0 Å². The van der Waals surface area contributed by atoms with Gasteiger partial charge in [0.25, 0.3) is 5.69 Å². The first kappa shape index (κ1) is 14.3. The molecular weight excluding hydrogens is 228 g/mol. The molecule has 4 nitrogen and oxygen atoms in total. The highest BCUT2D eigenvalue weighted by Crippen LogP contribution is 2.27. The van der Waals surface area contributed by atoms with Crippen molar-refractivity contribution < 1.29 is 4.92 Å². The molecule has 0 atom stereocenters. The van der Waals surface area contributed by atoms with E-state index in [0.29, 0.717) is 10.7 Å². The Hall–Kier alpha value is -1.73. The quantitative estimate of drug-likeness (QED) is 0.501. The van der Waals surface area contributed by atoms with Crippen molar-refractivity contribution >= 4 is 23.0 Å². The number of terminal acetylenes is 1. The summed E-state index contributed by atoms with van der Waals surface area (Å²) in [6.07, 6.45) is 5.03. The van der Waals surface area contributed by atoms with Gasteiger partial charge in [-0.3, -0.25) is 10.1 Å². The SMILES string of the molecule is C#CCNc1cc(Cl)ccc1[N+](=O)[O-].CC. The zero-order chi connectivity index (χ0) is 12.6. The van der Waals surface area contributed by atoms with Crippen LogP contribution in [0, 0.1) is 22.5 Å². The minimum absolute atomic E-state index is 0.0374. The van der Waals surface area contributed by atoms with Crippen molar-refractivity contribution in [3.8, 4) is 12.3 Å². The molecule has 1 N–H and O–H groups in total. The van der Waals surface area contributed by atoms with Gasteiger partial charge in [0.1, 0.15) is 5.69 Å². The van der Waals surface area contributed by atoms with Crippen LogP contribution in [0.4, 0.5) is 11.4 Å². The van der Waals surface area contributed by atoms with E-state index < -0.39 is 4.92 Å². The molecule has 0 spiro atoms. The van der Waals surface area contributed by atoms with Crippen molar-refractivity contribution in [1.29, 1.82) is 0 Å². The number of hydrogen-bond donors (Lipinski definition) is 1. The Balaban J connectivity index is 0.00000106. The predicted molar refractivity (Wildman–Crippen MR) is 66.8 cm³/mol. The maximum absolute atomic E-state index is 10.6. The lowest BCUT2D eigenvalue weighted by Gasteiger charge is -2.03. The van der Waals surface area contributed by atoms with E-state index in [9.17, 15) is 10.1 Å². The van der Waals surface area contributed by atoms with Gasteiger partial charge in [-0.05, 0) is 12.1 Å². The van der Waals surface area contributed by atoms with Crippen molar-refractivity contribution in [3.63, 3.8) is 0 Å². The van der Waals surface area contributed by atoms with E-state index in [1.54, 1.807) is 0 Å². The first-order valence-electron chi connectivity index (χ1n) is 4.76. The van der Waals surface area contributed by atoms with Crippen molar-refractivity contribution in [2.75, 3.05) is 11.9 Å². The number of benzene rings is 1. The van der Waals surface area contributed by atoms with E-state index in [0.717, 1.165) is 0 Å². The van der Waals surface area contributed by atoms with Crippen LogP contribution < -0.4 is 5.32 Å². The first-order valence-corrected chi connectivity index (χ1v) is 5.14. The van der Waals surface area contributed by atoms with Crippen molar-refractivity contribution in [1.82, 2.24) is 0 Å². The second kappa shape index (κ2) is 7.55. The number of nitrogens with one attached hydrogen (secondary N) is 1. The lowest BCUT2D eigenvalue weighted by Crippen LogP contribution is -2.01. The minimum Gasteiger partial charge on any atom is -0.369 e. The number of nitro benzene ring substituents is 1. The maximum atomic E-state index is 10.6. The molecule has 0 bridgehead atoms. The lowest BCUT2D eigenvalue weighted by molar-refractivity contribution is -0.383. The summed E-state index contributed by atoms with van der Waals surface area (Å²) in [5.41, 5.74) is 0.296. The van der Waals surface area contributed by atoms with Crippen LogP contribution in [0.15, 0.2) is 18.2 Å². The lowest BCUT2D eigenvalue weighted by atomic mass is 10.2. The predicted octanol–water partition coefficient (Wildman–Crippen LogP) is 3.32. The molecule has 86 valence electrons. The summed E-state index contributed by atoms with van der Waals surface area (Å²) in [6, 6.07) is 4.26. The van der Waals surface area contributed by atoms with Crippen LogP contribution in [0.1, 0.15) is 13.8 Å². The highest BCUT2D eigenvalue weighted by atomic mass is 35.5. The summed E-state index contributed by atoms with van der Waals surface area (Å²) in [5, 5.41) is 13.7. The topological polar surface area (TPSA) is 55.2 Å². The average molecular weight is 241 g/mol. The average Bonchev–Trinajstić information content (AvgIpc) is 2.28. The van der Waals surface area contributed by atoms with Gasteiger partial charge in [0.2, 0.25) is 0 Å². The molecule has 0 saturated carbocycles. The third-order valence-corrected chi connectivity index (χ3v) is 1.77. The smallest absolute Gasteiger partial charge is 0.292 e. The molecule has 0 radical (unpaired) electrons. The Morgan fingerprint density at radius 2 is 2.19 bits per heavy atom. The molecule has 1 rings (SSSR count). The molecule has 1 aromatic rings. The summed E-state index contributed by atoms with van der Waals surface area (Å²) >= 11 is 5.69. The molecule has 5 heteroatoms. The molecule has 0 saturated heterocycles. The van der Waals surface area contributed by atoms with E-state index in [1.807, 2.05) is 13.8 Å². The van der Waals surface area contributed by atoms with Crippen molar-refractivity contribution in [2.45, 2.75) is 13.8 Å². The van der Waals surface area contributed by atoms with Crippen LogP contribution in [0.5, 0.6) is 0 Å². The van der Waals surface area contributed by atoms with E-state index in [-0.39, 0.29) is 12.2 Å².